The molecule has 0 saturated heterocycles. The number of H-pyrrole nitrogens is 1. The molecule has 0 amide bonds. The van der Waals surface area contributed by atoms with Gasteiger partial charge in [-0.25, -0.2) is 9.36 Å². The Kier molecular flexibility index (Phi) is 5.44. The number of nitrogens with one attached hydrogen (secondary N) is 1. The van der Waals surface area contributed by atoms with Gasteiger partial charge in [0.15, 0.2) is 0 Å². The zero-order valence-electron chi connectivity index (χ0n) is 15.8. The minimum absolute atomic E-state index is 0.0433. The first-order valence-corrected chi connectivity index (χ1v) is 8.74. The van der Waals surface area contributed by atoms with Crippen molar-refractivity contribution in [1.82, 2.24) is 9.55 Å². The number of rotatable bonds is 5. The first-order valence-electron chi connectivity index (χ1n) is 8.74. The van der Waals surface area contributed by atoms with Crippen LogP contribution >= 0.6 is 0 Å². The van der Waals surface area contributed by atoms with E-state index in [2.05, 4.69) is 9.98 Å². The van der Waals surface area contributed by atoms with Gasteiger partial charge in [-0.15, -0.1) is 0 Å². The summed E-state index contributed by atoms with van der Waals surface area (Å²) < 4.78 is 6.14. The molecule has 0 fully saturated rings. The van der Waals surface area contributed by atoms with Crippen LogP contribution < -0.4 is 16.0 Å². The summed E-state index contributed by atoms with van der Waals surface area (Å²) in [6, 6.07) is 15.9. The number of aromatic hydroxyl groups is 1. The average molecular weight is 379 g/mol. The van der Waals surface area contributed by atoms with Crippen LogP contribution in [0.25, 0.3) is 5.69 Å². The first kappa shape index (κ1) is 19.2. The second kappa shape index (κ2) is 7.96. The lowest BCUT2D eigenvalue weighted by Gasteiger charge is -2.13. The van der Waals surface area contributed by atoms with Gasteiger partial charge in [0.05, 0.1) is 24.6 Å². The summed E-state index contributed by atoms with van der Waals surface area (Å²) in [7, 11) is 1.53. The highest BCUT2D eigenvalue weighted by Gasteiger charge is 2.18. The second-order valence-corrected chi connectivity index (χ2v) is 6.29. The van der Waals surface area contributed by atoms with E-state index in [-0.39, 0.29) is 11.6 Å². The van der Waals surface area contributed by atoms with E-state index in [1.54, 1.807) is 31.2 Å². The molecule has 1 heterocycles. The van der Waals surface area contributed by atoms with Crippen LogP contribution in [0.4, 0.5) is 0 Å². The molecular weight excluding hydrogens is 358 g/mol. The third kappa shape index (κ3) is 3.73. The zero-order valence-corrected chi connectivity index (χ0v) is 15.8. The molecule has 7 nitrogen and oxygen atoms in total. The molecule has 0 unspecified atom stereocenters. The summed E-state index contributed by atoms with van der Waals surface area (Å²) in [6.45, 7) is 3.52. The van der Waals surface area contributed by atoms with Gasteiger partial charge in [0.25, 0.3) is 5.56 Å². The third-order valence-electron chi connectivity index (χ3n) is 4.45. The third-order valence-corrected chi connectivity index (χ3v) is 4.45. The van der Waals surface area contributed by atoms with Gasteiger partial charge >= 0.3 is 5.69 Å². The lowest BCUT2D eigenvalue weighted by atomic mass is 10.1. The smallest absolute Gasteiger partial charge is 0.335 e. The van der Waals surface area contributed by atoms with Gasteiger partial charge in [-0.1, -0.05) is 30.3 Å². The molecule has 1 atom stereocenters. The number of ether oxygens (including phenoxy) is 1. The van der Waals surface area contributed by atoms with Crippen molar-refractivity contribution in [3.05, 3.63) is 86.6 Å². The summed E-state index contributed by atoms with van der Waals surface area (Å²) >= 11 is 0. The highest BCUT2D eigenvalue weighted by molar-refractivity contribution is 6.00. The van der Waals surface area contributed by atoms with Crippen LogP contribution in [0.2, 0.25) is 0 Å². The Bertz CT molecular complexity index is 1110. The van der Waals surface area contributed by atoms with E-state index in [1.807, 2.05) is 37.3 Å². The molecule has 0 saturated carbocycles. The second-order valence-electron chi connectivity index (χ2n) is 6.29. The van der Waals surface area contributed by atoms with Crippen LogP contribution in [0, 0.1) is 0 Å². The molecule has 2 aromatic carbocycles. The normalized spacial score (nSPS) is 12.6. The van der Waals surface area contributed by atoms with E-state index >= 15 is 0 Å². The van der Waals surface area contributed by atoms with Gasteiger partial charge in [0.2, 0.25) is 5.88 Å². The predicted molar refractivity (Wildman–Crippen MR) is 108 cm³/mol. The molecule has 28 heavy (non-hydrogen) atoms. The van der Waals surface area contributed by atoms with Gasteiger partial charge in [-0.3, -0.25) is 14.8 Å². The molecule has 0 aliphatic carbocycles. The number of aliphatic imine (C=N–C) groups is 1. The first-order chi connectivity index (χ1) is 13.4. The quantitative estimate of drug-likeness (QED) is 0.666. The van der Waals surface area contributed by atoms with Gasteiger partial charge in [-0.2, -0.15) is 0 Å². The minimum Gasteiger partial charge on any atom is -0.497 e. The molecular formula is C21H21N3O4. The van der Waals surface area contributed by atoms with E-state index in [4.69, 9.17) is 4.74 Å². The lowest BCUT2D eigenvalue weighted by Crippen LogP contribution is -2.32. The number of methoxy groups -OCH3 is 1. The molecule has 3 rings (SSSR count). The lowest BCUT2D eigenvalue weighted by molar-refractivity contribution is 0.414. The standard InChI is InChI=1S/C21H21N3O4/c1-13(15-7-5-4-6-8-15)22-14(2)18-19(25)23-21(27)24(20(18)26)16-9-11-17(28-3)12-10-16/h4-13,26H,1-3H3,(H,23,25,27)/t13-/m1/s1. The van der Waals surface area contributed by atoms with Crippen LogP contribution in [0.1, 0.15) is 31.0 Å². The zero-order chi connectivity index (χ0) is 20.3. The Balaban J connectivity index is 2.10. The SMILES string of the molecule is COc1ccc(-n2c(O)c(C(C)=N[C@H](C)c3ccccc3)c(=O)[nH]c2=O)cc1. The van der Waals surface area contributed by atoms with E-state index in [0.717, 1.165) is 10.1 Å². The number of hydrogen-bond acceptors (Lipinski definition) is 5. The maximum Gasteiger partial charge on any atom is 0.335 e. The highest BCUT2D eigenvalue weighted by Crippen LogP contribution is 2.22. The molecule has 3 aromatic rings. The Morgan fingerprint density at radius 2 is 1.75 bits per heavy atom. The summed E-state index contributed by atoms with van der Waals surface area (Å²) in [5.41, 5.74) is 0.232. The Hall–Kier alpha value is -3.61. The number of benzene rings is 2. The molecule has 0 spiro atoms. The number of aromatic amines is 1. The van der Waals surface area contributed by atoms with Crippen LogP contribution in [-0.2, 0) is 0 Å². The highest BCUT2D eigenvalue weighted by atomic mass is 16.5. The average Bonchev–Trinajstić information content (AvgIpc) is 2.68. The number of hydrogen-bond donors (Lipinski definition) is 2. The van der Waals surface area contributed by atoms with Crippen LogP contribution in [0.5, 0.6) is 11.6 Å². The van der Waals surface area contributed by atoms with E-state index in [0.29, 0.717) is 17.1 Å². The Morgan fingerprint density at radius 1 is 1.11 bits per heavy atom. The maximum absolute atomic E-state index is 12.4. The predicted octanol–water partition coefficient (Wildman–Crippen LogP) is 2.81. The molecule has 0 aliphatic rings. The van der Waals surface area contributed by atoms with Crippen molar-refractivity contribution in [2.45, 2.75) is 19.9 Å². The fraction of sp³-hybridized carbons (Fsp3) is 0.190. The summed E-state index contributed by atoms with van der Waals surface area (Å²) in [4.78, 5) is 31.5. The van der Waals surface area contributed by atoms with Crippen molar-refractivity contribution in [3.63, 3.8) is 0 Å². The monoisotopic (exact) mass is 379 g/mol. The van der Waals surface area contributed by atoms with Crippen molar-refractivity contribution in [1.29, 1.82) is 0 Å². The molecule has 7 heteroatoms. The van der Waals surface area contributed by atoms with Gasteiger partial charge < -0.3 is 9.84 Å². The van der Waals surface area contributed by atoms with Gasteiger partial charge in [0.1, 0.15) is 11.3 Å². The molecule has 144 valence electrons. The Labute approximate surface area is 161 Å². The molecule has 0 bridgehead atoms. The van der Waals surface area contributed by atoms with Crippen molar-refractivity contribution in [2.75, 3.05) is 7.11 Å². The van der Waals surface area contributed by atoms with Crippen molar-refractivity contribution < 1.29 is 9.84 Å². The van der Waals surface area contributed by atoms with E-state index in [9.17, 15) is 14.7 Å². The summed E-state index contributed by atoms with van der Waals surface area (Å²) in [5, 5.41) is 10.7. The van der Waals surface area contributed by atoms with E-state index < -0.39 is 17.1 Å². The summed E-state index contributed by atoms with van der Waals surface area (Å²) in [6.07, 6.45) is 0. The Morgan fingerprint density at radius 3 is 2.36 bits per heavy atom. The summed E-state index contributed by atoms with van der Waals surface area (Å²) in [5.74, 6) is 0.149. The van der Waals surface area contributed by atoms with Crippen LogP contribution in [0.15, 0.2) is 69.2 Å². The molecule has 2 N–H and O–H groups in total. The van der Waals surface area contributed by atoms with Crippen LogP contribution in [-0.4, -0.2) is 27.5 Å². The minimum atomic E-state index is -0.736. The number of nitrogens with zero attached hydrogens (tertiary/aromatic N) is 2. The molecule has 0 aliphatic heterocycles. The molecule has 0 radical (unpaired) electrons. The van der Waals surface area contributed by atoms with Gasteiger partial charge in [-0.05, 0) is 43.7 Å². The largest absolute Gasteiger partial charge is 0.497 e. The van der Waals surface area contributed by atoms with Crippen molar-refractivity contribution in [3.8, 4) is 17.3 Å². The maximum atomic E-state index is 12.4. The number of aromatic nitrogens is 2. The van der Waals surface area contributed by atoms with Gasteiger partial charge in [0, 0.05) is 0 Å². The fourth-order valence-electron chi connectivity index (χ4n) is 2.98. The fourth-order valence-corrected chi connectivity index (χ4v) is 2.98. The van der Waals surface area contributed by atoms with E-state index in [1.165, 1.54) is 7.11 Å². The topological polar surface area (TPSA) is 96.7 Å². The van der Waals surface area contributed by atoms with Crippen molar-refractivity contribution in [2.24, 2.45) is 4.99 Å². The van der Waals surface area contributed by atoms with Crippen LogP contribution in [0.3, 0.4) is 0 Å². The molecule has 1 aromatic heterocycles. The van der Waals surface area contributed by atoms with Crippen molar-refractivity contribution >= 4 is 5.71 Å².